The van der Waals surface area contributed by atoms with Crippen LogP contribution in [-0.4, -0.2) is 40.7 Å². The summed E-state index contributed by atoms with van der Waals surface area (Å²) < 4.78 is 1.77. The van der Waals surface area contributed by atoms with Crippen LogP contribution in [0.5, 0.6) is 0 Å². The van der Waals surface area contributed by atoms with Crippen molar-refractivity contribution in [3.63, 3.8) is 0 Å². The maximum atomic E-state index is 12.2. The second-order valence-corrected chi connectivity index (χ2v) is 4.97. The van der Waals surface area contributed by atoms with Gasteiger partial charge in [0.05, 0.1) is 11.8 Å². The Bertz CT molecular complexity index is 497. The molecule has 0 radical (unpaired) electrons. The maximum Gasteiger partial charge on any atom is 0.255 e. The van der Waals surface area contributed by atoms with Crippen molar-refractivity contribution in [2.75, 3.05) is 13.1 Å². The molecule has 4 N–H and O–H groups in total. The standard InChI is InChI=1S/C13H21N5O2/c1-9-10(8-16-18(9)7-3-5-14)12(19)17-11-4-2-6-15-13(11)20/h8,11H,2-7,14H2,1H3,(H,15,20)(H,17,19). The van der Waals surface area contributed by atoms with Crippen LogP contribution in [0.25, 0.3) is 0 Å². The Morgan fingerprint density at radius 1 is 1.65 bits per heavy atom. The number of hydrogen-bond acceptors (Lipinski definition) is 4. The Hall–Kier alpha value is -1.89. The number of aryl methyl sites for hydroxylation is 1. The van der Waals surface area contributed by atoms with Gasteiger partial charge < -0.3 is 16.4 Å². The summed E-state index contributed by atoms with van der Waals surface area (Å²) in [5, 5.41) is 9.70. The van der Waals surface area contributed by atoms with E-state index in [0.717, 1.165) is 18.5 Å². The molecule has 0 bridgehead atoms. The van der Waals surface area contributed by atoms with Gasteiger partial charge in [0.2, 0.25) is 5.91 Å². The zero-order chi connectivity index (χ0) is 14.5. The minimum atomic E-state index is -0.442. The average Bonchev–Trinajstić information content (AvgIpc) is 2.80. The second kappa shape index (κ2) is 6.51. The highest BCUT2D eigenvalue weighted by molar-refractivity contribution is 5.98. The number of carbonyl (C=O) groups is 2. The molecule has 0 aromatic carbocycles. The monoisotopic (exact) mass is 279 g/mol. The lowest BCUT2D eigenvalue weighted by atomic mass is 10.1. The molecule has 0 aliphatic carbocycles. The van der Waals surface area contributed by atoms with E-state index >= 15 is 0 Å². The highest BCUT2D eigenvalue weighted by atomic mass is 16.2. The van der Waals surface area contributed by atoms with Crippen LogP contribution in [0, 0.1) is 6.92 Å². The van der Waals surface area contributed by atoms with E-state index in [1.807, 2.05) is 6.92 Å². The van der Waals surface area contributed by atoms with Gasteiger partial charge >= 0.3 is 0 Å². The Kier molecular flexibility index (Phi) is 4.73. The number of amides is 2. The molecule has 0 saturated carbocycles. The Morgan fingerprint density at radius 2 is 2.45 bits per heavy atom. The number of rotatable bonds is 5. The lowest BCUT2D eigenvalue weighted by molar-refractivity contribution is -0.124. The lowest BCUT2D eigenvalue weighted by Gasteiger charge is -2.22. The summed E-state index contributed by atoms with van der Waals surface area (Å²) in [7, 11) is 0. The van der Waals surface area contributed by atoms with E-state index in [4.69, 9.17) is 5.73 Å². The summed E-state index contributed by atoms with van der Waals surface area (Å²) in [5.41, 5.74) is 6.78. The van der Waals surface area contributed by atoms with Crippen molar-refractivity contribution >= 4 is 11.8 Å². The number of hydrogen-bond donors (Lipinski definition) is 3. The number of piperidine rings is 1. The molecule has 20 heavy (non-hydrogen) atoms. The molecule has 1 unspecified atom stereocenters. The maximum absolute atomic E-state index is 12.2. The van der Waals surface area contributed by atoms with Gasteiger partial charge in [-0.3, -0.25) is 14.3 Å². The van der Waals surface area contributed by atoms with E-state index in [9.17, 15) is 9.59 Å². The first-order valence-electron chi connectivity index (χ1n) is 6.94. The third kappa shape index (κ3) is 3.16. The third-order valence-electron chi connectivity index (χ3n) is 3.51. The van der Waals surface area contributed by atoms with Crippen LogP contribution in [0.15, 0.2) is 6.20 Å². The van der Waals surface area contributed by atoms with Crippen molar-refractivity contribution in [2.45, 2.75) is 38.8 Å². The molecule has 2 heterocycles. The fourth-order valence-corrected chi connectivity index (χ4v) is 2.28. The third-order valence-corrected chi connectivity index (χ3v) is 3.51. The fourth-order valence-electron chi connectivity index (χ4n) is 2.28. The summed E-state index contributed by atoms with van der Waals surface area (Å²) in [4.78, 5) is 23.8. The van der Waals surface area contributed by atoms with Crippen molar-refractivity contribution < 1.29 is 9.59 Å². The van der Waals surface area contributed by atoms with Gasteiger partial charge in [0, 0.05) is 18.8 Å². The number of aromatic nitrogens is 2. The zero-order valence-electron chi connectivity index (χ0n) is 11.7. The van der Waals surface area contributed by atoms with E-state index in [1.165, 1.54) is 0 Å². The largest absolute Gasteiger partial charge is 0.354 e. The molecular weight excluding hydrogens is 258 g/mol. The smallest absolute Gasteiger partial charge is 0.255 e. The molecule has 1 aromatic heterocycles. The predicted octanol–water partition coefficient (Wildman–Crippen LogP) is -0.451. The highest BCUT2D eigenvalue weighted by Gasteiger charge is 2.25. The first kappa shape index (κ1) is 14.5. The molecule has 7 nitrogen and oxygen atoms in total. The zero-order valence-corrected chi connectivity index (χ0v) is 11.7. The molecule has 1 aliphatic rings. The lowest BCUT2D eigenvalue weighted by Crippen LogP contribution is -2.50. The van der Waals surface area contributed by atoms with E-state index in [0.29, 0.717) is 31.6 Å². The molecule has 7 heteroatoms. The molecule has 1 fully saturated rings. The number of carbonyl (C=O) groups excluding carboxylic acids is 2. The van der Waals surface area contributed by atoms with Crippen molar-refractivity contribution in [1.29, 1.82) is 0 Å². The minimum Gasteiger partial charge on any atom is -0.354 e. The van der Waals surface area contributed by atoms with Crippen LogP contribution < -0.4 is 16.4 Å². The van der Waals surface area contributed by atoms with Gasteiger partial charge in [-0.15, -0.1) is 0 Å². The van der Waals surface area contributed by atoms with E-state index in [2.05, 4.69) is 15.7 Å². The van der Waals surface area contributed by atoms with Crippen molar-refractivity contribution in [3.8, 4) is 0 Å². The van der Waals surface area contributed by atoms with Crippen LogP contribution in [-0.2, 0) is 11.3 Å². The number of nitrogens with one attached hydrogen (secondary N) is 2. The summed E-state index contributed by atoms with van der Waals surface area (Å²) in [5.74, 6) is -0.360. The van der Waals surface area contributed by atoms with Crippen LogP contribution in [0.3, 0.4) is 0 Å². The topological polar surface area (TPSA) is 102 Å². The molecule has 1 aliphatic heterocycles. The summed E-state index contributed by atoms with van der Waals surface area (Å²) in [6.45, 7) is 3.81. The van der Waals surface area contributed by atoms with Crippen LogP contribution in [0.2, 0.25) is 0 Å². The van der Waals surface area contributed by atoms with Gasteiger partial charge in [0.15, 0.2) is 0 Å². The molecule has 2 rings (SSSR count). The van der Waals surface area contributed by atoms with E-state index < -0.39 is 6.04 Å². The average molecular weight is 279 g/mol. The van der Waals surface area contributed by atoms with Gasteiger partial charge in [-0.05, 0) is 32.7 Å². The highest BCUT2D eigenvalue weighted by Crippen LogP contribution is 2.10. The Labute approximate surface area is 117 Å². The molecule has 2 amide bonds. The molecule has 0 spiro atoms. The Morgan fingerprint density at radius 3 is 3.15 bits per heavy atom. The second-order valence-electron chi connectivity index (χ2n) is 4.97. The summed E-state index contributed by atoms with van der Waals surface area (Å²) in [6, 6.07) is -0.442. The van der Waals surface area contributed by atoms with Crippen molar-refractivity contribution in [1.82, 2.24) is 20.4 Å². The van der Waals surface area contributed by atoms with Gasteiger partial charge in [-0.1, -0.05) is 0 Å². The summed E-state index contributed by atoms with van der Waals surface area (Å²) >= 11 is 0. The first-order chi connectivity index (χ1) is 9.63. The van der Waals surface area contributed by atoms with E-state index in [1.54, 1.807) is 10.9 Å². The first-order valence-corrected chi connectivity index (χ1v) is 6.94. The Balaban J connectivity index is 2.01. The molecule has 110 valence electrons. The van der Waals surface area contributed by atoms with Gasteiger partial charge in [0.1, 0.15) is 6.04 Å². The quantitative estimate of drug-likeness (QED) is 0.679. The van der Waals surface area contributed by atoms with Crippen LogP contribution >= 0.6 is 0 Å². The van der Waals surface area contributed by atoms with Gasteiger partial charge in [0.25, 0.3) is 5.91 Å². The van der Waals surface area contributed by atoms with E-state index in [-0.39, 0.29) is 11.8 Å². The van der Waals surface area contributed by atoms with Crippen LogP contribution in [0.1, 0.15) is 35.3 Å². The van der Waals surface area contributed by atoms with Gasteiger partial charge in [-0.2, -0.15) is 5.10 Å². The molecular formula is C13H21N5O2. The van der Waals surface area contributed by atoms with Crippen molar-refractivity contribution in [2.24, 2.45) is 5.73 Å². The summed E-state index contributed by atoms with van der Waals surface area (Å²) in [6.07, 6.45) is 3.92. The van der Waals surface area contributed by atoms with Crippen molar-refractivity contribution in [3.05, 3.63) is 17.5 Å². The number of nitrogens with zero attached hydrogens (tertiary/aromatic N) is 2. The van der Waals surface area contributed by atoms with Crippen LogP contribution in [0.4, 0.5) is 0 Å². The molecule has 1 aromatic rings. The molecule has 1 saturated heterocycles. The molecule has 1 atom stereocenters. The normalized spacial score (nSPS) is 18.7. The van der Waals surface area contributed by atoms with Gasteiger partial charge in [-0.25, -0.2) is 0 Å². The minimum absolute atomic E-state index is 0.113. The SMILES string of the molecule is Cc1c(C(=O)NC2CCCNC2=O)cnn1CCCN. The fraction of sp³-hybridized carbons (Fsp3) is 0.615. The number of nitrogens with two attached hydrogens (primary N) is 1. The predicted molar refractivity (Wildman–Crippen MR) is 74.1 cm³/mol.